The van der Waals surface area contributed by atoms with E-state index in [0.29, 0.717) is 35.7 Å². The third kappa shape index (κ3) is 3.75. The second-order valence-corrected chi connectivity index (χ2v) is 7.51. The molecular formula is C25H26NO4+. The summed E-state index contributed by atoms with van der Waals surface area (Å²) in [5.74, 6) is 1.50. The Balaban J connectivity index is 1.52. The predicted molar refractivity (Wildman–Crippen MR) is 114 cm³/mol. The van der Waals surface area contributed by atoms with Gasteiger partial charge in [0.1, 0.15) is 0 Å². The summed E-state index contributed by atoms with van der Waals surface area (Å²) in [5, 5.41) is 0. The summed E-state index contributed by atoms with van der Waals surface area (Å²) in [5.41, 5.74) is 3.97. The van der Waals surface area contributed by atoms with Crippen molar-refractivity contribution in [3.8, 4) is 17.2 Å². The Morgan fingerprint density at radius 3 is 2.23 bits per heavy atom. The molecular weight excluding hydrogens is 378 g/mol. The number of carbonyl (C=O) groups is 1. The van der Waals surface area contributed by atoms with Crippen molar-refractivity contribution >= 4 is 5.78 Å². The molecule has 0 spiro atoms. The van der Waals surface area contributed by atoms with Crippen molar-refractivity contribution < 1.29 is 23.6 Å². The third-order valence-electron chi connectivity index (χ3n) is 5.65. The summed E-state index contributed by atoms with van der Waals surface area (Å²) in [7, 11) is 4.70. The smallest absolute Gasteiger partial charge is 0.204 e. The fourth-order valence-electron chi connectivity index (χ4n) is 4.17. The Morgan fingerprint density at radius 2 is 1.60 bits per heavy atom. The highest BCUT2D eigenvalue weighted by Crippen LogP contribution is 2.46. The van der Waals surface area contributed by atoms with Gasteiger partial charge >= 0.3 is 0 Å². The number of ether oxygens (including phenoxy) is 3. The maximum Gasteiger partial charge on any atom is 0.204 e. The van der Waals surface area contributed by atoms with Gasteiger partial charge in [-0.15, -0.1) is 0 Å². The van der Waals surface area contributed by atoms with Crippen LogP contribution in [-0.2, 0) is 19.4 Å². The van der Waals surface area contributed by atoms with Gasteiger partial charge in [-0.2, -0.15) is 0 Å². The lowest BCUT2D eigenvalue weighted by Gasteiger charge is -2.15. The first-order valence-corrected chi connectivity index (χ1v) is 10.0. The molecule has 1 atom stereocenters. The van der Waals surface area contributed by atoms with E-state index in [2.05, 4.69) is 41.2 Å². The standard InChI is InChI=1S/C25H26NO4/c1-28-21-15-19-14-20(23(27)22(19)25(30-3)24(21)29-2)13-17-9-11-26(12-10-17)16-18-7-5-4-6-8-18/h4-12,15,20H,13-14,16H2,1-3H3/q+1. The van der Waals surface area contributed by atoms with Crippen LogP contribution in [0.4, 0.5) is 0 Å². The Labute approximate surface area is 176 Å². The number of rotatable bonds is 7. The number of hydrogen-bond donors (Lipinski definition) is 0. The third-order valence-corrected chi connectivity index (χ3v) is 5.65. The maximum atomic E-state index is 13.2. The topological polar surface area (TPSA) is 48.6 Å². The number of fused-ring (bicyclic) bond motifs is 1. The molecule has 0 N–H and O–H groups in total. The fourth-order valence-corrected chi connectivity index (χ4v) is 4.17. The van der Waals surface area contributed by atoms with E-state index in [1.165, 1.54) is 5.56 Å². The Hall–Kier alpha value is -3.34. The summed E-state index contributed by atoms with van der Waals surface area (Å²) in [6.07, 6.45) is 5.50. The number of carbonyl (C=O) groups excluding carboxylic acids is 1. The minimum atomic E-state index is -0.115. The monoisotopic (exact) mass is 404 g/mol. The summed E-state index contributed by atoms with van der Waals surface area (Å²) >= 11 is 0. The van der Waals surface area contributed by atoms with Crippen LogP contribution in [0, 0.1) is 5.92 Å². The lowest BCUT2D eigenvalue weighted by molar-refractivity contribution is -0.688. The van der Waals surface area contributed by atoms with Crippen molar-refractivity contribution in [2.75, 3.05) is 21.3 Å². The number of ketones is 1. The van der Waals surface area contributed by atoms with E-state index >= 15 is 0 Å². The van der Waals surface area contributed by atoms with Crippen LogP contribution in [0.25, 0.3) is 0 Å². The number of nitrogens with zero attached hydrogens (tertiary/aromatic N) is 1. The average molecular weight is 404 g/mol. The molecule has 1 aliphatic rings. The number of Topliss-reactive ketones (excluding diaryl/α,β-unsaturated/α-hetero) is 1. The van der Waals surface area contributed by atoms with E-state index in [0.717, 1.165) is 17.7 Å². The molecule has 0 saturated carbocycles. The van der Waals surface area contributed by atoms with E-state index < -0.39 is 0 Å². The van der Waals surface area contributed by atoms with Crippen molar-refractivity contribution in [2.24, 2.45) is 5.92 Å². The van der Waals surface area contributed by atoms with Gasteiger partial charge in [-0.1, -0.05) is 30.3 Å². The SMILES string of the molecule is COc1cc2c(c(OC)c1OC)C(=O)C(Cc1cc[n+](Cc3ccccc3)cc1)C2. The Bertz CT molecular complexity index is 1040. The van der Waals surface area contributed by atoms with Crippen molar-refractivity contribution in [3.63, 3.8) is 0 Å². The van der Waals surface area contributed by atoms with Crippen molar-refractivity contribution in [2.45, 2.75) is 19.4 Å². The molecule has 1 unspecified atom stereocenters. The minimum Gasteiger partial charge on any atom is -0.493 e. The molecule has 1 aliphatic carbocycles. The van der Waals surface area contributed by atoms with E-state index in [-0.39, 0.29) is 11.7 Å². The molecule has 4 rings (SSSR count). The molecule has 5 heteroatoms. The molecule has 1 aromatic heterocycles. The first kappa shape index (κ1) is 20.0. The molecule has 154 valence electrons. The van der Waals surface area contributed by atoms with Gasteiger partial charge in [-0.25, -0.2) is 4.57 Å². The van der Waals surface area contributed by atoms with Crippen molar-refractivity contribution in [1.82, 2.24) is 0 Å². The number of aromatic nitrogens is 1. The van der Waals surface area contributed by atoms with E-state index in [9.17, 15) is 4.79 Å². The van der Waals surface area contributed by atoms with E-state index in [1.54, 1.807) is 21.3 Å². The van der Waals surface area contributed by atoms with Crippen LogP contribution in [0.3, 0.4) is 0 Å². The summed E-state index contributed by atoms with van der Waals surface area (Å²) in [6.45, 7) is 0.825. The zero-order chi connectivity index (χ0) is 21.1. The Kier molecular flexibility index (Phi) is 5.70. The first-order valence-electron chi connectivity index (χ1n) is 10.0. The van der Waals surface area contributed by atoms with E-state index in [4.69, 9.17) is 14.2 Å². The fraction of sp³-hybridized carbons (Fsp3) is 0.280. The van der Waals surface area contributed by atoms with Gasteiger partial charge in [0, 0.05) is 23.6 Å². The second-order valence-electron chi connectivity index (χ2n) is 7.51. The van der Waals surface area contributed by atoms with Crippen LogP contribution in [0.1, 0.15) is 27.0 Å². The first-order chi connectivity index (χ1) is 14.6. The molecule has 2 aromatic carbocycles. The maximum absolute atomic E-state index is 13.2. The number of hydrogen-bond acceptors (Lipinski definition) is 4. The summed E-state index contributed by atoms with van der Waals surface area (Å²) in [6, 6.07) is 16.4. The van der Waals surface area contributed by atoms with E-state index in [1.807, 2.05) is 24.3 Å². The van der Waals surface area contributed by atoms with Crippen LogP contribution in [-0.4, -0.2) is 27.1 Å². The predicted octanol–water partition coefficient (Wildman–Crippen LogP) is 3.65. The highest BCUT2D eigenvalue weighted by atomic mass is 16.5. The van der Waals surface area contributed by atoms with Crippen LogP contribution < -0.4 is 18.8 Å². The molecule has 3 aromatic rings. The number of pyridine rings is 1. The lowest BCUT2D eigenvalue weighted by Crippen LogP contribution is -2.33. The van der Waals surface area contributed by atoms with Gasteiger partial charge in [0.2, 0.25) is 5.75 Å². The molecule has 1 heterocycles. The summed E-state index contributed by atoms with van der Waals surface area (Å²) in [4.78, 5) is 13.2. The number of methoxy groups -OCH3 is 3. The molecule has 0 aliphatic heterocycles. The molecule has 0 bridgehead atoms. The van der Waals surface area contributed by atoms with Gasteiger partial charge in [0.15, 0.2) is 36.2 Å². The molecule has 0 amide bonds. The zero-order valence-electron chi connectivity index (χ0n) is 17.6. The number of benzene rings is 2. The van der Waals surface area contributed by atoms with Gasteiger partial charge in [-0.3, -0.25) is 4.79 Å². The van der Waals surface area contributed by atoms with Gasteiger partial charge in [0.05, 0.1) is 26.9 Å². The lowest BCUT2D eigenvalue weighted by atomic mass is 9.96. The average Bonchev–Trinajstić information content (AvgIpc) is 3.09. The van der Waals surface area contributed by atoms with Crippen LogP contribution in [0.15, 0.2) is 60.9 Å². The van der Waals surface area contributed by atoms with Gasteiger partial charge in [0.25, 0.3) is 0 Å². The van der Waals surface area contributed by atoms with Crippen molar-refractivity contribution in [3.05, 3.63) is 83.2 Å². The van der Waals surface area contributed by atoms with Crippen LogP contribution in [0.5, 0.6) is 17.2 Å². The highest BCUT2D eigenvalue weighted by molar-refractivity contribution is 6.06. The van der Waals surface area contributed by atoms with Crippen molar-refractivity contribution in [1.29, 1.82) is 0 Å². The minimum absolute atomic E-state index is 0.101. The molecule has 0 fully saturated rings. The second kappa shape index (κ2) is 8.57. The van der Waals surface area contributed by atoms with Crippen LogP contribution >= 0.6 is 0 Å². The quantitative estimate of drug-likeness (QED) is 0.564. The molecule has 5 nitrogen and oxygen atoms in total. The normalized spacial score (nSPS) is 15.0. The molecule has 30 heavy (non-hydrogen) atoms. The largest absolute Gasteiger partial charge is 0.493 e. The van der Waals surface area contributed by atoms with Gasteiger partial charge < -0.3 is 14.2 Å². The summed E-state index contributed by atoms with van der Waals surface area (Å²) < 4.78 is 18.6. The molecule has 0 radical (unpaired) electrons. The molecule has 0 saturated heterocycles. The zero-order valence-corrected chi connectivity index (χ0v) is 17.6. The highest BCUT2D eigenvalue weighted by Gasteiger charge is 2.36. The Morgan fingerprint density at radius 1 is 0.900 bits per heavy atom. The van der Waals surface area contributed by atoms with Gasteiger partial charge in [-0.05, 0) is 30.0 Å². The van der Waals surface area contributed by atoms with Crippen LogP contribution in [0.2, 0.25) is 0 Å².